The summed E-state index contributed by atoms with van der Waals surface area (Å²) in [5.41, 5.74) is -1.03. The second-order valence-corrected chi connectivity index (χ2v) is 5.19. The third-order valence-corrected chi connectivity index (χ3v) is 2.75. The summed E-state index contributed by atoms with van der Waals surface area (Å²) in [5.74, 6) is -0.291. The molecule has 1 N–H and O–H groups in total. The standard InChI is InChI=1S/C16H20O6/c1-16(2,20)15(19)12-5-7-13(8-6-12)21-10-11-22-14(18)4-3-9-17/h5-9,20H,3-4,10-11H2,1-2H3. The van der Waals surface area contributed by atoms with Gasteiger partial charge in [0.2, 0.25) is 0 Å². The maximum atomic E-state index is 11.8. The predicted molar refractivity (Wildman–Crippen MR) is 78.8 cm³/mol. The number of hydrogen-bond donors (Lipinski definition) is 1. The van der Waals surface area contributed by atoms with Gasteiger partial charge in [0.25, 0.3) is 0 Å². The molecule has 0 fully saturated rings. The van der Waals surface area contributed by atoms with E-state index in [4.69, 9.17) is 9.47 Å². The average molecular weight is 308 g/mol. The van der Waals surface area contributed by atoms with Gasteiger partial charge in [-0.25, -0.2) is 0 Å². The second kappa shape index (κ2) is 8.29. The smallest absolute Gasteiger partial charge is 0.306 e. The van der Waals surface area contributed by atoms with Gasteiger partial charge in [-0.3, -0.25) is 9.59 Å². The number of aliphatic hydroxyl groups is 1. The summed E-state index contributed by atoms with van der Waals surface area (Å²) < 4.78 is 10.2. The molecule has 0 amide bonds. The van der Waals surface area contributed by atoms with E-state index >= 15 is 0 Å². The summed E-state index contributed by atoms with van der Waals surface area (Å²) >= 11 is 0. The normalized spacial score (nSPS) is 10.9. The van der Waals surface area contributed by atoms with Crippen molar-refractivity contribution in [2.24, 2.45) is 0 Å². The molecule has 0 aliphatic rings. The number of rotatable bonds is 9. The van der Waals surface area contributed by atoms with E-state index in [-0.39, 0.29) is 31.8 Å². The number of Topliss-reactive ketones (excluding diaryl/α,β-unsaturated/α-hetero) is 1. The third-order valence-electron chi connectivity index (χ3n) is 2.75. The molecule has 0 unspecified atom stereocenters. The number of ether oxygens (including phenoxy) is 2. The minimum absolute atomic E-state index is 0.0667. The van der Waals surface area contributed by atoms with Crippen molar-refractivity contribution in [3.8, 4) is 5.75 Å². The van der Waals surface area contributed by atoms with Crippen molar-refractivity contribution in [2.75, 3.05) is 13.2 Å². The number of carbonyl (C=O) groups excluding carboxylic acids is 3. The van der Waals surface area contributed by atoms with Crippen molar-refractivity contribution in [3.63, 3.8) is 0 Å². The summed E-state index contributed by atoms with van der Waals surface area (Å²) in [4.78, 5) is 33.0. The highest BCUT2D eigenvalue weighted by Gasteiger charge is 2.24. The molecule has 0 radical (unpaired) electrons. The molecule has 1 rings (SSSR count). The number of benzene rings is 1. The maximum Gasteiger partial charge on any atom is 0.306 e. The lowest BCUT2D eigenvalue weighted by Gasteiger charge is -2.15. The van der Waals surface area contributed by atoms with Crippen LogP contribution in [0.3, 0.4) is 0 Å². The fourth-order valence-electron chi connectivity index (χ4n) is 1.62. The largest absolute Gasteiger partial charge is 0.490 e. The van der Waals surface area contributed by atoms with E-state index < -0.39 is 11.6 Å². The van der Waals surface area contributed by atoms with Crippen LogP contribution in [0.25, 0.3) is 0 Å². The van der Waals surface area contributed by atoms with Gasteiger partial charge in [0.15, 0.2) is 5.78 Å². The lowest BCUT2D eigenvalue weighted by atomic mass is 9.97. The van der Waals surface area contributed by atoms with E-state index in [1.807, 2.05) is 0 Å². The van der Waals surface area contributed by atoms with Crippen molar-refractivity contribution in [3.05, 3.63) is 29.8 Å². The molecule has 0 aliphatic carbocycles. The molecule has 120 valence electrons. The molecule has 1 aromatic rings. The summed E-state index contributed by atoms with van der Waals surface area (Å²) in [5, 5.41) is 9.64. The molecule has 0 saturated heterocycles. The molecule has 22 heavy (non-hydrogen) atoms. The van der Waals surface area contributed by atoms with E-state index in [1.54, 1.807) is 24.3 Å². The first-order valence-corrected chi connectivity index (χ1v) is 6.94. The number of aldehydes is 1. The molecule has 0 atom stereocenters. The minimum Gasteiger partial charge on any atom is -0.490 e. The molecule has 0 heterocycles. The lowest BCUT2D eigenvalue weighted by molar-refractivity contribution is -0.144. The molecule has 0 aliphatic heterocycles. The Morgan fingerprint density at radius 1 is 1.18 bits per heavy atom. The van der Waals surface area contributed by atoms with Gasteiger partial charge < -0.3 is 19.4 Å². The number of ketones is 1. The average Bonchev–Trinajstić information content (AvgIpc) is 2.48. The zero-order valence-electron chi connectivity index (χ0n) is 12.7. The molecule has 1 aromatic carbocycles. The molecule has 0 aromatic heterocycles. The summed E-state index contributed by atoms with van der Waals surface area (Å²) in [7, 11) is 0. The van der Waals surface area contributed by atoms with Crippen LogP contribution in [0.5, 0.6) is 5.75 Å². The highest BCUT2D eigenvalue weighted by molar-refractivity contribution is 6.01. The van der Waals surface area contributed by atoms with Gasteiger partial charge in [-0.05, 0) is 38.1 Å². The highest BCUT2D eigenvalue weighted by Crippen LogP contribution is 2.17. The van der Waals surface area contributed by atoms with E-state index in [9.17, 15) is 19.5 Å². The second-order valence-electron chi connectivity index (χ2n) is 5.19. The van der Waals surface area contributed by atoms with Crippen LogP contribution < -0.4 is 4.74 Å². The molecular weight excluding hydrogens is 288 g/mol. The van der Waals surface area contributed by atoms with Gasteiger partial charge in [-0.2, -0.15) is 0 Å². The van der Waals surface area contributed by atoms with Gasteiger partial charge >= 0.3 is 5.97 Å². The lowest BCUT2D eigenvalue weighted by Crippen LogP contribution is -2.30. The van der Waals surface area contributed by atoms with E-state index in [1.165, 1.54) is 13.8 Å². The first-order valence-electron chi connectivity index (χ1n) is 6.94. The van der Waals surface area contributed by atoms with Gasteiger partial charge in [0, 0.05) is 12.0 Å². The number of hydrogen-bond acceptors (Lipinski definition) is 6. The molecule has 6 nitrogen and oxygen atoms in total. The van der Waals surface area contributed by atoms with Crippen molar-refractivity contribution in [1.82, 2.24) is 0 Å². The Kier molecular flexibility index (Phi) is 6.72. The van der Waals surface area contributed by atoms with Crippen LogP contribution in [-0.4, -0.2) is 42.0 Å². The molecule has 6 heteroatoms. The van der Waals surface area contributed by atoms with E-state index in [0.717, 1.165) is 0 Å². The zero-order chi connectivity index (χ0) is 16.6. The summed E-state index contributed by atoms with van der Waals surface area (Å²) in [6, 6.07) is 6.33. The van der Waals surface area contributed by atoms with Crippen LogP contribution in [0.2, 0.25) is 0 Å². The van der Waals surface area contributed by atoms with E-state index in [2.05, 4.69) is 0 Å². The third kappa shape index (κ3) is 6.05. The monoisotopic (exact) mass is 308 g/mol. The fourth-order valence-corrected chi connectivity index (χ4v) is 1.62. The Morgan fingerprint density at radius 3 is 2.36 bits per heavy atom. The maximum absolute atomic E-state index is 11.8. The number of esters is 1. The Labute approximate surface area is 129 Å². The van der Waals surface area contributed by atoms with Gasteiger partial charge in [-0.15, -0.1) is 0 Å². The Bertz CT molecular complexity index is 512. The fraction of sp³-hybridized carbons (Fsp3) is 0.438. The highest BCUT2D eigenvalue weighted by atomic mass is 16.6. The van der Waals surface area contributed by atoms with Gasteiger partial charge in [0.1, 0.15) is 30.9 Å². The first kappa shape index (κ1) is 17.8. The SMILES string of the molecule is CC(C)(O)C(=O)c1ccc(OCCOC(=O)CCC=O)cc1. The Morgan fingerprint density at radius 2 is 1.82 bits per heavy atom. The van der Waals surface area contributed by atoms with Crippen molar-refractivity contribution >= 4 is 18.0 Å². The van der Waals surface area contributed by atoms with Crippen LogP contribution in [0.1, 0.15) is 37.0 Å². The minimum atomic E-state index is -1.42. The molecule has 0 spiro atoms. The summed E-state index contributed by atoms with van der Waals surface area (Å²) in [6.07, 6.45) is 0.877. The van der Waals surface area contributed by atoms with Crippen molar-refractivity contribution < 1.29 is 29.0 Å². The van der Waals surface area contributed by atoms with Crippen LogP contribution in [0, 0.1) is 0 Å². The molecular formula is C16H20O6. The van der Waals surface area contributed by atoms with Gasteiger partial charge in [0.05, 0.1) is 6.42 Å². The molecule has 0 saturated carbocycles. The van der Waals surface area contributed by atoms with Crippen molar-refractivity contribution in [1.29, 1.82) is 0 Å². The zero-order valence-corrected chi connectivity index (χ0v) is 12.7. The summed E-state index contributed by atoms with van der Waals surface area (Å²) in [6.45, 7) is 3.12. The topological polar surface area (TPSA) is 89.9 Å². The van der Waals surface area contributed by atoms with Crippen LogP contribution >= 0.6 is 0 Å². The number of carbonyl (C=O) groups is 3. The first-order chi connectivity index (χ1) is 10.3. The van der Waals surface area contributed by atoms with Crippen molar-refractivity contribution in [2.45, 2.75) is 32.3 Å². The molecule has 0 bridgehead atoms. The van der Waals surface area contributed by atoms with E-state index in [0.29, 0.717) is 17.6 Å². The Balaban J connectivity index is 2.38. The predicted octanol–water partition coefficient (Wildman–Crippen LogP) is 1.54. The van der Waals surface area contributed by atoms with Crippen LogP contribution in [0.15, 0.2) is 24.3 Å². The Hall–Kier alpha value is -2.21. The van der Waals surface area contributed by atoms with Crippen LogP contribution in [-0.2, 0) is 14.3 Å². The quantitative estimate of drug-likeness (QED) is 0.322. The van der Waals surface area contributed by atoms with Crippen LogP contribution in [0.4, 0.5) is 0 Å². The van der Waals surface area contributed by atoms with Gasteiger partial charge in [-0.1, -0.05) is 0 Å².